The van der Waals surface area contributed by atoms with E-state index in [1.807, 2.05) is 12.1 Å². The summed E-state index contributed by atoms with van der Waals surface area (Å²) in [5, 5.41) is 0.582. The van der Waals surface area contributed by atoms with Crippen LogP contribution in [0.15, 0.2) is 30.7 Å². The largest absolute Gasteiger partial charge is 0.351 e. The number of fused-ring (bicyclic) bond motifs is 1. The summed E-state index contributed by atoms with van der Waals surface area (Å²) in [5.74, 6) is 0.655. The number of aryl methyl sites for hydroxylation is 1. The summed E-state index contributed by atoms with van der Waals surface area (Å²) in [6, 6.07) is 3.40. The van der Waals surface area contributed by atoms with Gasteiger partial charge in [0.2, 0.25) is 0 Å². The third kappa shape index (κ3) is 2.32. The molecule has 20 heavy (non-hydrogen) atoms. The summed E-state index contributed by atoms with van der Waals surface area (Å²) in [6.07, 6.45) is 6.81. The van der Waals surface area contributed by atoms with Gasteiger partial charge in [-0.1, -0.05) is 11.6 Å². The lowest BCUT2D eigenvalue weighted by atomic mass is 10.0. The first kappa shape index (κ1) is 12.9. The second-order valence-corrected chi connectivity index (χ2v) is 5.13. The highest BCUT2D eigenvalue weighted by Gasteiger charge is 2.22. The molecule has 0 radical (unpaired) electrons. The van der Waals surface area contributed by atoms with Gasteiger partial charge in [-0.05, 0) is 30.5 Å². The van der Waals surface area contributed by atoms with Crippen molar-refractivity contribution in [3.05, 3.63) is 41.3 Å². The lowest BCUT2D eigenvalue weighted by Crippen LogP contribution is -2.40. The standard InChI is InChI=1S/C14H13ClN4O/c15-12-5-11(6-17-8-12)10-4-9-2-1-3-19(14(16)20)13(9)18-7-10/h4-8H,1-3H2,(H2,16,20). The lowest BCUT2D eigenvalue weighted by molar-refractivity contribution is 0.253. The first-order chi connectivity index (χ1) is 9.65. The van der Waals surface area contributed by atoms with E-state index >= 15 is 0 Å². The Labute approximate surface area is 121 Å². The number of carbonyl (C=O) groups excluding carboxylic acids is 1. The topological polar surface area (TPSA) is 72.1 Å². The molecular weight excluding hydrogens is 276 g/mol. The smallest absolute Gasteiger partial charge is 0.320 e. The average molecular weight is 289 g/mol. The molecular formula is C14H13ClN4O. The van der Waals surface area contributed by atoms with Gasteiger partial charge in [0.15, 0.2) is 0 Å². The fourth-order valence-corrected chi connectivity index (χ4v) is 2.58. The number of nitrogens with two attached hydrogens (primary N) is 1. The van der Waals surface area contributed by atoms with Crippen LogP contribution in [0.1, 0.15) is 12.0 Å². The number of anilines is 1. The average Bonchev–Trinajstić information content (AvgIpc) is 2.46. The summed E-state index contributed by atoms with van der Waals surface area (Å²) >= 11 is 5.95. The van der Waals surface area contributed by atoms with E-state index < -0.39 is 6.03 Å². The summed E-state index contributed by atoms with van der Waals surface area (Å²) in [5.41, 5.74) is 8.23. The van der Waals surface area contributed by atoms with Crippen molar-refractivity contribution in [3.8, 4) is 11.1 Å². The van der Waals surface area contributed by atoms with E-state index in [0.29, 0.717) is 17.4 Å². The minimum absolute atomic E-state index is 0.462. The zero-order valence-electron chi connectivity index (χ0n) is 10.7. The molecule has 5 nitrogen and oxygen atoms in total. The third-order valence-electron chi connectivity index (χ3n) is 3.33. The first-order valence-corrected chi connectivity index (χ1v) is 6.70. The molecule has 1 aliphatic rings. The zero-order chi connectivity index (χ0) is 14.1. The number of aromatic nitrogens is 2. The molecule has 3 rings (SSSR count). The van der Waals surface area contributed by atoms with Crippen LogP contribution in [-0.4, -0.2) is 22.5 Å². The number of halogens is 1. The Morgan fingerprint density at radius 1 is 1.25 bits per heavy atom. The highest BCUT2D eigenvalue weighted by molar-refractivity contribution is 6.30. The van der Waals surface area contributed by atoms with E-state index in [9.17, 15) is 4.79 Å². The van der Waals surface area contributed by atoms with Gasteiger partial charge in [-0.25, -0.2) is 9.78 Å². The maximum absolute atomic E-state index is 11.4. The van der Waals surface area contributed by atoms with Crippen LogP contribution in [-0.2, 0) is 6.42 Å². The van der Waals surface area contributed by atoms with E-state index in [0.717, 1.165) is 29.5 Å². The quantitative estimate of drug-likeness (QED) is 0.877. The SMILES string of the molecule is NC(=O)N1CCCc2cc(-c3cncc(Cl)c3)cnc21. The molecule has 0 saturated heterocycles. The molecule has 0 aromatic carbocycles. The fraction of sp³-hybridized carbons (Fsp3) is 0.214. The molecule has 0 bridgehead atoms. The maximum atomic E-state index is 11.4. The summed E-state index contributed by atoms with van der Waals surface area (Å²) < 4.78 is 0. The number of urea groups is 1. The van der Waals surface area contributed by atoms with Crippen LogP contribution in [0.25, 0.3) is 11.1 Å². The minimum Gasteiger partial charge on any atom is -0.351 e. The summed E-state index contributed by atoms with van der Waals surface area (Å²) in [7, 11) is 0. The molecule has 0 atom stereocenters. The van der Waals surface area contributed by atoms with Gasteiger partial charge in [-0.15, -0.1) is 0 Å². The Balaban J connectivity index is 2.03. The van der Waals surface area contributed by atoms with Gasteiger partial charge >= 0.3 is 6.03 Å². The van der Waals surface area contributed by atoms with Gasteiger partial charge in [-0.3, -0.25) is 9.88 Å². The number of rotatable bonds is 1. The van der Waals surface area contributed by atoms with Crippen LogP contribution in [0.5, 0.6) is 0 Å². The van der Waals surface area contributed by atoms with Crippen molar-refractivity contribution >= 4 is 23.4 Å². The molecule has 0 unspecified atom stereocenters. The molecule has 2 aromatic rings. The van der Waals surface area contributed by atoms with E-state index in [1.54, 1.807) is 18.6 Å². The molecule has 0 fully saturated rings. The highest BCUT2D eigenvalue weighted by atomic mass is 35.5. The molecule has 1 aliphatic heterocycles. The molecule has 2 amide bonds. The van der Waals surface area contributed by atoms with Gasteiger partial charge in [0.05, 0.1) is 5.02 Å². The Kier molecular flexibility index (Phi) is 3.28. The van der Waals surface area contributed by atoms with Crippen LogP contribution in [0.3, 0.4) is 0 Å². The normalized spacial score (nSPS) is 13.9. The maximum Gasteiger partial charge on any atom is 0.320 e. The molecule has 2 N–H and O–H groups in total. The van der Waals surface area contributed by atoms with Gasteiger partial charge in [0.1, 0.15) is 5.82 Å². The van der Waals surface area contributed by atoms with Crippen molar-refractivity contribution in [1.29, 1.82) is 0 Å². The summed E-state index contributed by atoms with van der Waals surface area (Å²) in [4.78, 5) is 21.4. The van der Waals surface area contributed by atoms with Gasteiger partial charge in [0.25, 0.3) is 0 Å². The van der Waals surface area contributed by atoms with Gasteiger partial charge in [-0.2, -0.15) is 0 Å². The van der Waals surface area contributed by atoms with Gasteiger partial charge in [0, 0.05) is 36.3 Å². The van der Waals surface area contributed by atoms with E-state index in [4.69, 9.17) is 17.3 Å². The predicted octanol–water partition coefficient (Wildman–Crippen LogP) is 2.63. The number of hydrogen-bond acceptors (Lipinski definition) is 3. The van der Waals surface area contributed by atoms with E-state index in [-0.39, 0.29) is 0 Å². The molecule has 6 heteroatoms. The number of amides is 2. The highest BCUT2D eigenvalue weighted by Crippen LogP contribution is 2.29. The van der Waals surface area contributed by atoms with E-state index in [1.165, 1.54) is 4.90 Å². The van der Waals surface area contributed by atoms with Crippen LogP contribution in [0.2, 0.25) is 5.02 Å². The van der Waals surface area contributed by atoms with Crippen molar-refractivity contribution in [2.75, 3.05) is 11.4 Å². The van der Waals surface area contributed by atoms with Crippen molar-refractivity contribution in [1.82, 2.24) is 9.97 Å². The Morgan fingerprint density at radius 3 is 2.80 bits per heavy atom. The van der Waals surface area contributed by atoms with Crippen molar-refractivity contribution in [3.63, 3.8) is 0 Å². The van der Waals surface area contributed by atoms with Gasteiger partial charge < -0.3 is 5.73 Å². The molecule has 0 saturated carbocycles. The second kappa shape index (κ2) is 5.09. The minimum atomic E-state index is -0.462. The Hall–Kier alpha value is -2.14. The third-order valence-corrected chi connectivity index (χ3v) is 3.54. The van der Waals surface area contributed by atoms with Crippen molar-refractivity contribution in [2.24, 2.45) is 5.73 Å². The molecule has 102 valence electrons. The van der Waals surface area contributed by atoms with Crippen molar-refractivity contribution in [2.45, 2.75) is 12.8 Å². The first-order valence-electron chi connectivity index (χ1n) is 6.32. The number of nitrogens with zero attached hydrogens (tertiary/aromatic N) is 3. The Bertz CT molecular complexity index is 674. The number of carbonyl (C=O) groups is 1. The van der Waals surface area contributed by atoms with Crippen LogP contribution in [0, 0.1) is 0 Å². The number of primary amides is 1. The molecule has 3 heterocycles. The Morgan fingerprint density at radius 2 is 2.05 bits per heavy atom. The van der Waals surface area contributed by atoms with Crippen LogP contribution >= 0.6 is 11.6 Å². The van der Waals surface area contributed by atoms with Crippen molar-refractivity contribution < 1.29 is 4.79 Å². The predicted molar refractivity (Wildman–Crippen MR) is 77.7 cm³/mol. The number of hydrogen-bond donors (Lipinski definition) is 1. The van der Waals surface area contributed by atoms with E-state index in [2.05, 4.69) is 9.97 Å². The number of pyridine rings is 2. The lowest BCUT2D eigenvalue weighted by Gasteiger charge is -2.26. The fourth-order valence-electron chi connectivity index (χ4n) is 2.41. The van der Waals surface area contributed by atoms with Crippen LogP contribution in [0.4, 0.5) is 10.6 Å². The van der Waals surface area contributed by atoms with Crippen LogP contribution < -0.4 is 10.6 Å². The summed E-state index contributed by atoms with van der Waals surface area (Å²) in [6.45, 7) is 0.618. The molecule has 2 aromatic heterocycles. The molecule has 0 spiro atoms. The monoisotopic (exact) mass is 288 g/mol. The molecule has 0 aliphatic carbocycles. The zero-order valence-corrected chi connectivity index (χ0v) is 11.5. The second-order valence-electron chi connectivity index (χ2n) is 4.69.